The molecule has 6 nitrogen and oxygen atoms in total. The van der Waals surface area contributed by atoms with E-state index in [0.717, 1.165) is 58.0 Å². The van der Waals surface area contributed by atoms with Crippen molar-refractivity contribution < 1.29 is 9.47 Å². The Morgan fingerprint density at radius 3 is 2.78 bits per heavy atom. The summed E-state index contributed by atoms with van der Waals surface area (Å²) in [7, 11) is 1.62. The molecule has 2 saturated heterocycles. The summed E-state index contributed by atoms with van der Waals surface area (Å²) in [6.45, 7) is 6.01. The highest BCUT2D eigenvalue weighted by Crippen LogP contribution is 2.22. The van der Waals surface area contributed by atoms with E-state index in [4.69, 9.17) is 9.47 Å². The van der Waals surface area contributed by atoms with Gasteiger partial charge in [0.1, 0.15) is 5.75 Å². The third-order valence-electron chi connectivity index (χ3n) is 5.97. The minimum absolute atomic E-state index is 0.0458. The highest BCUT2D eigenvalue weighted by atomic mass is 16.5. The summed E-state index contributed by atoms with van der Waals surface area (Å²) in [5, 5.41) is 0.660. The third kappa shape index (κ3) is 4.33. The Labute approximate surface area is 160 Å². The number of hydrogen-bond acceptors (Lipinski definition) is 5. The molecule has 0 saturated carbocycles. The second kappa shape index (κ2) is 8.40. The summed E-state index contributed by atoms with van der Waals surface area (Å²) in [6.07, 6.45) is 6.46. The lowest BCUT2D eigenvalue weighted by atomic mass is 9.94. The Kier molecular flexibility index (Phi) is 5.74. The minimum Gasteiger partial charge on any atom is -0.497 e. The molecule has 2 aromatic rings. The molecule has 0 aliphatic carbocycles. The Hall–Kier alpha value is -1.92. The van der Waals surface area contributed by atoms with Gasteiger partial charge in [0.25, 0.3) is 5.56 Å². The molecule has 1 atom stereocenters. The zero-order chi connectivity index (χ0) is 18.6. The average molecular weight is 371 g/mol. The van der Waals surface area contributed by atoms with Crippen molar-refractivity contribution in [3.05, 3.63) is 34.9 Å². The maximum Gasteiger partial charge on any atom is 0.261 e. The number of likely N-dealkylation sites (tertiary alicyclic amines) is 1. The van der Waals surface area contributed by atoms with E-state index in [1.54, 1.807) is 18.0 Å². The van der Waals surface area contributed by atoms with E-state index in [1.807, 2.05) is 18.2 Å². The topological polar surface area (TPSA) is 56.6 Å². The van der Waals surface area contributed by atoms with E-state index >= 15 is 0 Å². The van der Waals surface area contributed by atoms with Gasteiger partial charge >= 0.3 is 0 Å². The van der Waals surface area contributed by atoms with Crippen LogP contribution in [0.5, 0.6) is 5.75 Å². The maximum atomic E-state index is 12.8. The van der Waals surface area contributed by atoms with Crippen molar-refractivity contribution in [1.82, 2.24) is 14.5 Å². The Balaban J connectivity index is 1.36. The smallest absolute Gasteiger partial charge is 0.261 e. The van der Waals surface area contributed by atoms with Gasteiger partial charge in [0.2, 0.25) is 0 Å². The molecule has 6 heteroatoms. The number of aromatic nitrogens is 2. The molecular weight excluding hydrogens is 342 g/mol. The Morgan fingerprint density at radius 2 is 2.04 bits per heavy atom. The number of ether oxygens (including phenoxy) is 2. The zero-order valence-corrected chi connectivity index (χ0v) is 16.1. The predicted molar refractivity (Wildman–Crippen MR) is 105 cm³/mol. The fraction of sp³-hybridized carbons (Fsp3) is 0.619. The van der Waals surface area contributed by atoms with Gasteiger partial charge in [-0.05, 0) is 62.7 Å². The molecule has 0 radical (unpaired) electrons. The van der Waals surface area contributed by atoms with E-state index in [1.165, 1.54) is 12.8 Å². The van der Waals surface area contributed by atoms with Crippen molar-refractivity contribution >= 4 is 10.9 Å². The van der Waals surface area contributed by atoms with Crippen LogP contribution in [0.3, 0.4) is 0 Å². The fourth-order valence-electron chi connectivity index (χ4n) is 4.34. The first-order valence-corrected chi connectivity index (χ1v) is 10.1. The minimum atomic E-state index is 0.0458. The first-order valence-electron chi connectivity index (χ1n) is 10.1. The van der Waals surface area contributed by atoms with Crippen molar-refractivity contribution in [2.45, 2.75) is 32.2 Å². The lowest BCUT2D eigenvalue weighted by molar-refractivity contribution is 0.0320. The zero-order valence-electron chi connectivity index (χ0n) is 16.1. The number of methoxy groups -OCH3 is 1. The molecule has 1 aromatic carbocycles. The molecule has 0 spiro atoms. The van der Waals surface area contributed by atoms with E-state index in [-0.39, 0.29) is 5.56 Å². The van der Waals surface area contributed by atoms with Crippen LogP contribution < -0.4 is 10.3 Å². The second-order valence-electron chi connectivity index (χ2n) is 7.91. The molecule has 2 aliphatic heterocycles. The van der Waals surface area contributed by atoms with Crippen molar-refractivity contribution in [2.75, 3.05) is 40.0 Å². The van der Waals surface area contributed by atoms with Gasteiger partial charge in [-0.1, -0.05) is 0 Å². The van der Waals surface area contributed by atoms with Crippen LogP contribution in [-0.4, -0.2) is 54.4 Å². The van der Waals surface area contributed by atoms with Gasteiger partial charge in [-0.15, -0.1) is 0 Å². The van der Waals surface area contributed by atoms with Crippen molar-refractivity contribution in [3.63, 3.8) is 0 Å². The fourth-order valence-corrected chi connectivity index (χ4v) is 4.34. The first kappa shape index (κ1) is 18.4. The molecule has 2 aliphatic rings. The van der Waals surface area contributed by atoms with Crippen LogP contribution in [0.25, 0.3) is 10.9 Å². The first-order chi connectivity index (χ1) is 13.2. The summed E-state index contributed by atoms with van der Waals surface area (Å²) >= 11 is 0. The summed E-state index contributed by atoms with van der Waals surface area (Å²) < 4.78 is 12.6. The Bertz CT molecular complexity index is 821. The summed E-state index contributed by atoms with van der Waals surface area (Å²) in [6, 6.07) is 5.45. The van der Waals surface area contributed by atoms with Gasteiger partial charge in [0, 0.05) is 25.8 Å². The van der Waals surface area contributed by atoms with E-state index in [0.29, 0.717) is 22.7 Å². The molecule has 0 N–H and O–H groups in total. The van der Waals surface area contributed by atoms with E-state index in [9.17, 15) is 4.79 Å². The van der Waals surface area contributed by atoms with Crippen LogP contribution >= 0.6 is 0 Å². The number of hydrogen-bond donors (Lipinski definition) is 0. The molecule has 1 aromatic heterocycles. The van der Waals surface area contributed by atoms with Gasteiger partial charge in [-0.3, -0.25) is 9.36 Å². The second-order valence-corrected chi connectivity index (χ2v) is 7.91. The summed E-state index contributed by atoms with van der Waals surface area (Å²) in [4.78, 5) is 19.8. The SMILES string of the molecule is COc1ccc2c(=O)n(CC3CCN(CC4CCCOC4)CC3)cnc2c1. The van der Waals surface area contributed by atoms with Crippen LogP contribution in [0.15, 0.2) is 29.3 Å². The molecule has 1 unspecified atom stereocenters. The number of fused-ring (bicyclic) bond motifs is 1. The number of benzene rings is 1. The lowest BCUT2D eigenvalue weighted by Crippen LogP contribution is -2.40. The van der Waals surface area contributed by atoms with Crippen LogP contribution in [-0.2, 0) is 11.3 Å². The largest absolute Gasteiger partial charge is 0.497 e. The van der Waals surface area contributed by atoms with Crippen molar-refractivity contribution in [1.29, 1.82) is 0 Å². The maximum absolute atomic E-state index is 12.8. The third-order valence-corrected chi connectivity index (χ3v) is 5.97. The highest BCUT2D eigenvalue weighted by molar-refractivity contribution is 5.78. The van der Waals surface area contributed by atoms with Crippen molar-refractivity contribution in [3.8, 4) is 5.75 Å². The van der Waals surface area contributed by atoms with Gasteiger partial charge in [0.05, 0.1) is 30.9 Å². The van der Waals surface area contributed by atoms with Crippen LogP contribution in [0.1, 0.15) is 25.7 Å². The van der Waals surface area contributed by atoms with Gasteiger partial charge in [0.15, 0.2) is 0 Å². The van der Waals surface area contributed by atoms with E-state index in [2.05, 4.69) is 9.88 Å². The normalized spacial score (nSPS) is 22.2. The van der Waals surface area contributed by atoms with Crippen LogP contribution in [0, 0.1) is 11.8 Å². The molecule has 2 fully saturated rings. The molecule has 27 heavy (non-hydrogen) atoms. The van der Waals surface area contributed by atoms with Gasteiger partial charge in [-0.25, -0.2) is 4.98 Å². The van der Waals surface area contributed by atoms with Gasteiger partial charge in [-0.2, -0.15) is 0 Å². The Morgan fingerprint density at radius 1 is 1.19 bits per heavy atom. The monoisotopic (exact) mass is 371 g/mol. The standard InChI is InChI=1S/C21H29N3O3/c1-26-18-4-5-19-20(11-18)22-15-24(21(19)25)13-16-6-8-23(9-7-16)12-17-3-2-10-27-14-17/h4-5,11,15-17H,2-3,6-10,12-14H2,1H3. The van der Waals surface area contributed by atoms with Crippen LogP contribution in [0.4, 0.5) is 0 Å². The highest BCUT2D eigenvalue weighted by Gasteiger charge is 2.23. The number of piperidine rings is 1. The number of nitrogens with zero attached hydrogens (tertiary/aromatic N) is 3. The molecule has 0 amide bonds. The van der Waals surface area contributed by atoms with Crippen molar-refractivity contribution in [2.24, 2.45) is 11.8 Å². The van der Waals surface area contributed by atoms with E-state index < -0.39 is 0 Å². The predicted octanol–water partition coefficient (Wildman–Crippen LogP) is 2.54. The summed E-state index contributed by atoms with van der Waals surface area (Å²) in [5.41, 5.74) is 0.740. The summed E-state index contributed by atoms with van der Waals surface area (Å²) in [5.74, 6) is 1.96. The lowest BCUT2D eigenvalue weighted by Gasteiger charge is -2.35. The average Bonchev–Trinajstić information content (AvgIpc) is 2.72. The molecule has 4 rings (SSSR count). The molecule has 0 bridgehead atoms. The molecule has 146 valence electrons. The quantitative estimate of drug-likeness (QED) is 0.808. The van der Waals surface area contributed by atoms with Gasteiger partial charge < -0.3 is 14.4 Å². The molecule has 3 heterocycles. The van der Waals surface area contributed by atoms with Crippen LogP contribution in [0.2, 0.25) is 0 Å². The molecular formula is C21H29N3O3. The number of rotatable bonds is 5.